The summed E-state index contributed by atoms with van der Waals surface area (Å²) in [4.78, 5) is 14.8. The maximum Gasteiger partial charge on any atom is 0.328 e. The molecule has 8 nitrogen and oxygen atoms in total. The first kappa shape index (κ1) is 26.3. The zero-order valence-corrected chi connectivity index (χ0v) is 22.1. The third-order valence-electron chi connectivity index (χ3n) is 6.73. The van der Waals surface area contributed by atoms with Gasteiger partial charge in [-0.1, -0.05) is 35.9 Å². The zero-order chi connectivity index (χ0) is 26.5. The molecule has 1 fully saturated rings. The molecule has 1 aliphatic rings. The van der Waals surface area contributed by atoms with Crippen molar-refractivity contribution in [1.29, 1.82) is 0 Å². The first-order valence-electron chi connectivity index (χ1n) is 12.7. The third kappa shape index (κ3) is 6.22. The average molecular weight is 538 g/mol. The van der Waals surface area contributed by atoms with E-state index in [1.807, 2.05) is 48.5 Å². The van der Waals surface area contributed by atoms with E-state index < -0.39 is 5.60 Å². The van der Waals surface area contributed by atoms with Crippen LogP contribution in [-0.4, -0.2) is 64.3 Å². The number of benzene rings is 3. The van der Waals surface area contributed by atoms with Crippen LogP contribution in [0.5, 0.6) is 11.5 Å². The van der Waals surface area contributed by atoms with E-state index in [1.54, 1.807) is 40.4 Å². The lowest BCUT2D eigenvalue weighted by Crippen LogP contribution is -2.48. The van der Waals surface area contributed by atoms with Crippen molar-refractivity contribution < 1.29 is 19.3 Å². The van der Waals surface area contributed by atoms with Crippen molar-refractivity contribution in [3.63, 3.8) is 0 Å². The Kier molecular flexibility index (Phi) is 8.04. The summed E-state index contributed by atoms with van der Waals surface area (Å²) in [6.07, 6.45) is 0. The van der Waals surface area contributed by atoms with Gasteiger partial charge in [0.25, 0.3) is 0 Å². The Balaban J connectivity index is 1.14. The molecule has 0 amide bonds. The molecule has 3 aromatic carbocycles. The number of imidazole rings is 1. The van der Waals surface area contributed by atoms with E-state index in [-0.39, 0.29) is 18.9 Å². The highest BCUT2D eigenvalue weighted by molar-refractivity contribution is 6.30. The first-order valence-corrected chi connectivity index (χ1v) is 13.0. The van der Waals surface area contributed by atoms with E-state index in [0.717, 1.165) is 22.3 Å². The highest BCUT2D eigenvalue weighted by Gasteiger charge is 2.33. The minimum atomic E-state index is -1.13. The summed E-state index contributed by atoms with van der Waals surface area (Å²) >= 11 is 5.94. The zero-order valence-electron chi connectivity index (χ0n) is 21.4. The average Bonchev–Trinajstić information content (AvgIpc) is 3.04. The van der Waals surface area contributed by atoms with Gasteiger partial charge in [0.15, 0.2) is 0 Å². The van der Waals surface area contributed by atoms with Gasteiger partial charge in [-0.15, -0.1) is 0 Å². The molecule has 0 saturated carbocycles. The van der Waals surface area contributed by atoms with E-state index >= 15 is 0 Å². The van der Waals surface area contributed by atoms with Crippen LogP contribution < -0.4 is 15.2 Å². The van der Waals surface area contributed by atoms with Crippen LogP contribution in [0.1, 0.15) is 5.56 Å². The lowest BCUT2D eigenvalue weighted by molar-refractivity contribution is -0.0646. The molecule has 0 aliphatic carbocycles. The highest BCUT2D eigenvalue weighted by atomic mass is 35.5. The van der Waals surface area contributed by atoms with Gasteiger partial charge in [-0.3, -0.25) is 14.0 Å². The quantitative estimate of drug-likeness (QED) is 0.351. The van der Waals surface area contributed by atoms with Crippen LogP contribution in [0.4, 0.5) is 0 Å². The molecule has 0 bridgehead atoms. The fourth-order valence-corrected chi connectivity index (χ4v) is 4.88. The van der Waals surface area contributed by atoms with Gasteiger partial charge >= 0.3 is 5.69 Å². The molecule has 1 aliphatic heterocycles. The highest BCUT2D eigenvalue weighted by Crippen LogP contribution is 2.21. The van der Waals surface area contributed by atoms with Crippen LogP contribution in [0.25, 0.3) is 11.0 Å². The molecular weight excluding hydrogens is 506 g/mol. The van der Waals surface area contributed by atoms with E-state index in [9.17, 15) is 9.90 Å². The summed E-state index contributed by atoms with van der Waals surface area (Å²) in [5.74, 6) is 1.40. The molecule has 0 radical (unpaired) electrons. The number of fused-ring (bicyclic) bond motifs is 1. The van der Waals surface area contributed by atoms with Gasteiger partial charge in [0.1, 0.15) is 30.3 Å². The summed E-state index contributed by atoms with van der Waals surface area (Å²) in [6, 6.07) is 22.7. The molecule has 0 unspecified atom stereocenters. The topological polar surface area (TPSA) is 78.1 Å². The summed E-state index contributed by atoms with van der Waals surface area (Å²) in [5, 5.41) is 11.8. The molecule has 1 atom stereocenters. The van der Waals surface area contributed by atoms with Crippen molar-refractivity contribution in [3.8, 4) is 11.5 Å². The van der Waals surface area contributed by atoms with Gasteiger partial charge in [0.2, 0.25) is 0 Å². The molecule has 2 heterocycles. The molecule has 1 saturated heterocycles. The Morgan fingerprint density at radius 3 is 2.42 bits per heavy atom. The fraction of sp³-hybridized carbons (Fsp3) is 0.345. The van der Waals surface area contributed by atoms with Crippen LogP contribution in [0.3, 0.4) is 0 Å². The maximum atomic E-state index is 12.6. The SMILES string of the molecule is Cn1c(=O)n(CCOc2ccc(CN3CCOC[C@@](O)(COc4ccc(Cl)cc4)C3)cc2)c2ccccc21. The minimum Gasteiger partial charge on any atom is -0.492 e. The van der Waals surface area contributed by atoms with Gasteiger partial charge in [0.05, 0.1) is 30.8 Å². The molecule has 38 heavy (non-hydrogen) atoms. The number of β-amino-alcohol motifs (C(OH)–C–C–N with tert-alkyl or cyclic N) is 1. The van der Waals surface area contributed by atoms with Crippen molar-refractivity contribution in [1.82, 2.24) is 14.0 Å². The molecule has 5 rings (SSSR count). The van der Waals surface area contributed by atoms with Crippen molar-refractivity contribution in [2.24, 2.45) is 7.05 Å². The Labute approximate surface area is 226 Å². The predicted molar refractivity (Wildman–Crippen MR) is 147 cm³/mol. The Morgan fingerprint density at radius 1 is 0.974 bits per heavy atom. The molecular formula is C29H32ClN3O5. The third-order valence-corrected chi connectivity index (χ3v) is 6.98. The van der Waals surface area contributed by atoms with Crippen LogP contribution in [0.15, 0.2) is 77.6 Å². The molecule has 9 heteroatoms. The largest absolute Gasteiger partial charge is 0.492 e. The lowest BCUT2D eigenvalue weighted by Gasteiger charge is -2.30. The van der Waals surface area contributed by atoms with Gasteiger partial charge in [0, 0.05) is 31.7 Å². The summed E-state index contributed by atoms with van der Waals surface area (Å²) < 4.78 is 20.8. The second-order valence-electron chi connectivity index (χ2n) is 9.70. The summed E-state index contributed by atoms with van der Waals surface area (Å²) in [5.41, 5.74) is 1.73. The van der Waals surface area contributed by atoms with Crippen LogP contribution in [0.2, 0.25) is 5.02 Å². The smallest absolute Gasteiger partial charge is 0.328 e. The minimum absolute atomic E-state index is 0.0508. The van der Waals surface area contributed by atoms with Crippen LogP contribution in [-0.2, 0) is 24.9 Å². The lowest BCUT2D eigenvalue weighted by atomic mass is 10.1. The first-order chi connectivity index (χ1) is 18.4. The van der Waals surface area contributed by atoms with Gasteiger partial charge in [-0.05, 0) is 54.1 Å². The van der Waals surface area contributed by atoms with Gasteiger partial charge in [-0.25, -0.2) is 4.79 Å². The number of aliphatic hydroxyl groups is 1. The van der Waals surface area contributed by atoms with E-state index in [1.165, 1.54) is 0 Å². The standard InChI is InChI=1S/C29H32ClN3O5/c1-31-26-4-2-3-5-27(26)33(28(31)34)15-17-37-24-10-6-22(7-11-24)18-32-14-16-36-20-29(35,19-32)21-38-25-12-8-23(30)9-13-25/h2-13,35H,14-21H2,1H3/t29-/m1/s1. The number of hydrogen-bond donors (Lipinski definition) is 1. The van der Waals surface area contributed by atoms with Crippen molar-refractivity contribution in [2.45, 2.75) is 18.7 Å². The number of aromatic nitrogens is 2. The van der Waals surface area contributed by atoms with Crippen LogP contribution >= 0.6 is 11.6 Å². The fourth-order valence-electron chi connectivity index (χ4n) is 4.75. The monoisotopic (exact) mass is 537 g/mol. The van der Waals surface area contributed by atoms with E-state index in [2.05, 4.69) is 4.90 Å². The Bertz CT molecular complexity index is 1420. The molecule has 1 N–H and O–H groups in total. The van der Waals surface area contributed by atoms with Crippen molar-refractivity contribution >= 4 is 22.6 Å². The normalized spacial score (nSPS) is 18.4. The molecule has 1 aromatic heterocycles. The van der Waals surface area contributed by atoms with Gasteiger partial charge < -0.3 is 19.3 Å². The van der Waals surface area contributed by atoms with Crippen molar-refractivity contribution in [3.05, 3.63) is 93.9 Å². The second-order valence-corrected chi connectivity index (χ2v) is 10.1. The Hall–Kier alpha value is -3.30. The number of ether oxygens (including phenoxy) is 3. The molecule has 200 valence electrons. The van der Waals surface area contributed by atoms with E-state index in [0.29, 0.717) is 50.2 Å². The second kappa shape index (κ2) is 11.6. The van der Waals surface area contributed by atoms with Crippen LogP contribution in [0, 0.1) is 0 Å². The molecule has 4 aromatic rings. The summed E-state index contributed by atoms with van der Waals surface area (Å²) in [7, 11) is 1.78. The van der Waals surface area contributed by atoms with Gasteiger partial charge in [-0.2, -0.15) is 0 Å². The maximum absolute atomic E-state index is 12.6. The van der Waals surface area contributed by atoms with Crippen molar-refractivity contribution in [2.75, 3.05) is 39.5 Å². The predicted octanol–water partition coefficient (Wildman–Crippen LogP) is 3.71. The number of rotatable bonds is 9. The number of halogens is 1. The number of para-hydroxylation sites is 2. The number of hydrogen-bond acceptors (Lipinski definition) is 6. The Morgan fingerprint density at radius 2 is 1.66 bits per heavy atom. The number of aryl methyl sites for hydroxylation is 1. The van der Waals surface area contributed by atoms with E-state index in [4.69, 9.17) is 25.8 Å². The number of nitrogens with zero attached hydrogens (tertiary/aromatic N) is 3. The molecule has 0 spiro atoms. The summed E-state index contributed by atoms with van der Waals surface area (Å²) in [6.45, 7) is 3.53.